The van der Waals surface area contributed by atoms with Gasteiger partial charge in [0.1, 0.15) is 19.0 Å². The summed E-state index contributed by atoms with van der Waals surface area (Å²) in [6.07, 6.45) is 2.37. The van der Waals surface area contributed by atoms with Crippen molar-refractivity contribution in [1.82, 2.24) is 9.97 Å². The number of anilines is 3. The summed E-state index contributed by atoms with van der Waals surface area (Å²) in [5.74, 6) is 3.09. The first kappa shape index (κ1) is 16.9. The third kappa shape index (κ3) is 3.45. The monoisotopic (exact) mass is 374 g/mol. The first-order valence-electron chi connectivity index (χ1n) is 9.71. The van der Waals surface area contributed by atoms with Gasteiger partial charge >= 0.3 is 0 Å². The Kier molecular flexibility index (Phi) is 4.45. The second-order valence-electron chi connectivity index (χ2n) is 6.98. The predicted molar refractivity (Wildman–Crippen MR) is 110 cm³/mol. The molecule has 0 spiro atoms. The molecule has 0 aliphatic carbocycles. The summed E-state index contributed by atoms with van der Waals surface area (Å²) < 4.78 is 11.3. The molecular formula is C22H22N4O2. The van der Waals surface area contributed by atoms with Gasteiger partial charge in [-0.15, -0.1) is 0 Å². The highest BCUT2D eigenvalue weighted by molar-refractivity contribution is 5.68. The van der Waals surface area contributed by atoms with Crippen LogP contribution in [-0.4, -0.2) is 36.3 Å². The van der Waals surface area contributed by atoms with Crippen LogP contribution in [0.5, 0.6) is 11.5 Å². The van der Waals surface area contributed by atoms with E-state index in [4.69, 9.17) is 19.4 Å². The SMILES string of the molecule is c1ccc(-c2cc(Nc3ccc4c(c3)OCCO4)nc(N3CCCC3)n2)cc1. The lowest BCUT2D eigenvalue weighted by atomic mass is 10.1. The number of benzene rings is 2. The molecule has 5 rings (SSSR count). The standard InChI is InChI=1S/C22H22N4O2/c1-2-6-16(7-3-1)18-15-21(25-22(24-18)26-10-4-5-11-26)23-17-8-9-19-20(14-17)28-13-12-27-19/h1-3,6-9,14-15H,4-5,10-13H2,(H,23,24,25). The molecule has 0 bridgehead atoms. The number of rotatable bonds is 4. The maximum atomic E-state index is 5.69. The Morgan fingerprint density at radius 1 is 0.821 bits per heavy atom. The highest BCUT2D eigenvalue weighted by atomic mass is 16.6. The van der Waals surface area contributed by atoms with E-state index in [2.05, 4.69) is 22.3 Å². The Hall–Kier alpha value is -3.28. The normalized spacial score (nSPS) is 15.5. The average Bonchev–Trinajstić information content (AvgIpc) is 3.29. The zero-order chi connectivity index (χ0) is 18.8. The third-order valence-corrected chi connectivity index (χ3v) is 4.99. The zero-order valence-corrected chi connectivity index (χ0v) is 15.6. The minimum atomic E-state index is 0.571. The summed E-state index contributed by atoms with van der Waals surface area (Å²) in [6, 6.07) is 18.1. The van der Waals surface area contributed by atoms with Crippen LogP contribution in [0.25, 0.3) is 11.3 Å². The molecular weight excluding hydrogens is 352 g/mol. The molecule has 0 saturated carbocycles. The van der Waals surface area contributed by atoms with Gasteiger partial charge in [-0.05, 0) is 25.0 Å². The summed E-state index contributed by atoms with van der Waals surface area (Å²) in [5, 5.41) is 3.41. The number of hydrogen-bond acceptors (Lipinski definition) is 6. The molecule has 3 aromatic rings. The lowest BCUT2D eigenvalue weighted by molar-refractivity contribution is 0.171. The molecule has 2 aliphatic heterocycles. The van der Waals surface area contributed by atoms with Crippen LogP contribution in [0, 0.1) is 0 Å². The molecule has 6 nitrogen and oxygen atoms in total. The van der Waals surface area contributed by atoms with E-state index in [0.717, 1.165) is 53.3 Å². The van der Waals surface area contributed by atoms with Crippen LogP contribution >= 0.6 is 0 Å². The second kappa shape index (κ2) is 7.38. The summed E-state index contributed by atoms with van der Waals surface area (Å²) in [4.78, 5) is 11.9. The zero-order valence-electron chi connectivity index (χ0n) is 15.6. The predicted octanol–water partition coefficient (Wildman–Crippen LogP) is 4.26. The van der Waals surface area contributed by atoms with Crippen LogP contribution in [0.2, 0.25) is 0 Å². The molecule has 3 heterocycles. The molecule has 28 heavy (non-hydrogen) atoms. The largest absolute Gasteiger partial charge is 0.486 e. The van der Waals surface area contributed by atoms with Crippen molar-refractivity contribution in [1.29, 1.82) is 0 Å². The Labute approximate surface area is 164 Å². The Balaban J connectivity index is 1.50. The molecule has 142 valence electrons. The first-order chi connectivity index (χ1) is 13.8. The molecule has 2 aromatic carbocycles. The molecule has 1 fully saturated rings. The molecule has 1 saturated heterocycles. The van der Waals surface area contributed by atoms with Crippen LogP contribution in [0.15, 0.2) is 54.6 Å². The lowest BCUT2D eigenvalue weighted by Gasteiger charge is -2.20. The van der Waals surface area contributed by atoms with Gasteiger partial charge < -0.3 is 19.7 Å². The van der Waals surface area contributed by atoms with Crippen molar-refractivity contribution >= 4 is 17.5 Å². The van der Waals surface area contributed by atoms with E-state index < -0.39 is 0 Å². The van der Waals surface area contributed by atoms with Gasteiger partial charge in [-0.3, -0.25) is 0 Å². The minimum Gasteiger partial charge on any atom is -0.486 e. The number of ether oxygens (including phenoxy) is 2. The van der Waals surface area contributed by atoms with Gasteiger partial charge in [-0.2, -0.15) is 4.98 Å². The van der Waals surface area contributed by atoms with E-state index in [1.54, 1.807) is 0 Å². The average molecular weight is 374 g/mol. The van der Waals surface area contributed by atoms with E-state index in [0.29, 0.717) is 13.2 Å². The molecule has 0 amide bonds. The molecule has 6 heteroatoms. The van der Waals surface area contributed by atoms with Crippen molar-refractivity contribution < 1.29 is 9.47 Å². The number of hydrogen-bond donors (Lipinski definition) is 1. The Morgan fingerprint density at radius 2 is 1.61 bits per heavy atom. The maximum absolute atomic E-state index is 5.69. The van der Waals surface area contributed by atoms with E-state index >= 15 is 0 Å². The number of fused-ring (bicyclic) bond motifs is 1. The fraction of sp³-hybridized carbons (Fsp3) is 0.273. The molecule has 1 N–H and O–H groups in total. The molecule has 0 atom stereocenters. The van der Waals surface area contributed by atoms with E-state index in [-0.39, 0.29) is 0 Å². The van der Waals surface area contributed by atoms with Crippen LogP contribution in [0.3, 0.4) is 0 Å². The molecule has 2 aliphatic rings. The van der Waals surface area contributed by atoms with Gasteiger partial charge in [0.2, 0.25) is 5.95 Å². The minimum absolute atomic E-state index is 0.571. The number of aromatic nitrogens is 2. The van der Waals surface area contributed by atoms with Crippen molar-refractivity contribution in [2.45, 2.75) is 12.8 Å². The highest BCUT2D eigenvalue weighted by Gasteiger charge is 2.18. The smallest absolute Gasteiger partial charge is 0.227 e. The van der Waals surface area contributed by atoms with Gasteiger partial charge in [0.25, 0.3) is 0 Å². The second-order valence-corrected chi connectivity index (χ2v) is 6.98. The van der Waals surface area contributed by atoms with E-state index in [9.17, 15) is 0 Å². The van der Waals surface area contributed by atoms with Crippen LogP contribution in [-0.2, 0) is 0 Å². The van der Waals surface area contributed by atoms with Crippen LogP contribution in [0.1, 0.15) is 12.8 Å². The van der Waals surface area contributed by atoms with Crippen LogP contribution < -0.4 is 19.7 Å². The Morgan fingerprint density at radius 3 is 2.43 bits per heavy atom. The van der Waals surface area contributed by atoms with Crippen LogP contribution in [0.4, 0.5) is 17.5 Å². The van der Waals surface area contributed by atoms with Crippen molar-refractivity contribution in [3.8, 4) is 22.8 Å². The van der Waals surface area contributed by atoms with Gasteiger partial charge in [-0.1, -0.05) is 30.3 Å². The maximum Gasteiger partial charge on any atom is 0.227 e. The van der Waals surface area contributed by atoms with Gasteiger partial charge in [0.15, 0.2) is 11.5 Å². The number of nitrogens with one attached hydrogen (secondary N) is 1. The first-order valence-corrected chi connectivity index (χ1v) is 9.71. The van der Waals surface area contributed by atoms with Gasteiger partial charge in [0.05, 0.1) is 5.69 Å². The topological polar surface area (TPSA) is 59.5 Å². The van der Waals surface area contributed by atoms with Gasteiger partial charge in [-0.25, -0.2) is 4.98 Å². The quantitative estimate of drug-likeness (QED) is 0.736. The summed E-state index contributed by atoms with van der Waals surface area (Å²) in [7, 11) is 0. The van der Waals surface area contributed by atoms with E-state index in [1.165, 1.54) is 12.8 Å². The van der Waals surface area contributed by atoms with E-state index in [1.807, 2.05) is 42.5 Å². The molecule has 0 unspecified atom stereocenters. The summed E-state index contributed by atoms with van der Waals surface area (Å²) in [5.41, 5.74) is 2.91. The highest BCUT2D eigenvalue weighted by Crippen LogP contribution is 2.34. The lowest BCUT2D eigenvalue weighted by Crippen LogP contribution is -2.21. The van der Waals surface area contributed by atoms with Crippen molar-refractivity contribution in [3.05, 3.63) is 54.6 Å². The molecule has 1 aromatic heterocycles. The molecule has 0 radical (unpaired) electrons. The van der Waals surface area contributed by atoms with Gasteiger partial charge in [0, 0.05) is 36.5 Å². The van der Waals surface area contributed by atoms with Crippen molar-refractivity contribution in [2.24, 2.45) is 0 Å². The summed E-state index contributed by atoms with van der Waals surface area (Å²) in [6.45, 7) is 3.16. The summed E-state index contributed by atoms with van der Waals surface area (Å²) >= 11 is 0. The fourth-order valence-corrected chi connectivity index (χ4v) is 3.58. The number of nitrogens with zero attached hydrogens (tertiary/aromatic N) is 3. The Bertz CT molecular complexity index is 972. The third-order valence-electron chi connectivity index (χ3n) is 4.99. The van der Waals surface area contributed by atoms with Crippen molar-refractivity contribution in [2.75, 3.05) is 36.5 Å². The van der Waals surface area contributed by atoms with Crippen molar-refractivity contribution in [3.63, 3.8) is 0 Å². The fourth-order valence-electron chi connectivity index (χ4n) is 3.58.